The highest BCUT2D eigenvalue weighted by Gasteiger charge is 2.23. The van der Waals surface area contributed by atoms with Crippen LogP contribution >= 0.6 is 0 Å². The second-order valence-corrected chi connectivity index (χ2v) is 7.42. The van der Waals surface area contributed by atoms with Crippen molar-refractivity contribution in [2.24, 2.45) is 5.92 Å². The molecule has 8 nitrogen and oxygen atoms in total. The lowest BCUT2D eigenvalue weighted by Crippen LogP contribution is -2.28. The van der Waals surface area contributed by atoms with Gasteiger partial charge in [0, 0.05) is 29.7 Å². The molecule has 0 saturated heterocycles. The summed E-state index contributed by atoms with van der Waals surface area (Å²) in [6.45, 7) is 2.10. The number of benzene rings is 1. The molecule has 1 unspecified atom stereocenters. The molecule has 1 aliphatic carbocycles. The van der Waals surface area contributed by atoms with Gasteiger partial charge < -0.3 is 19.4 Å². The van der Waals surface area contributed by atoms with Crippen LogP contribution < -0.4 is 20.3 Å². The zero-order valence-electron chi connectivity index (χ0n) is 16.8. The molecule has 0 saturated carbocycles. The number of nitrogens with zero attached hydrogens (tertiary/aromatic N) is 3. The largest absolute Gasteiger partial charge is 0.493 e. The Balaban J connectivity index is 1.58. The van der Waals surface area contributed by atoms with E-state index >= 15 is 0 Å². The van der Waals surface area contributed by atoms with Crippen molar-refractivity contribution in [1.29, 1.82) is 0 Å². The normalized spacial score (nSPS) is 15.8. The SMILES string of the molecule is COc1ccc(NC(=O)Cn2ccn3nc4c(c3c2=O)CC(C)CC4)cc1OC. The Morgan fingerprint density at radius 3 is 2.79 bits per heavy atom. The van der Waals surface area contributed by atoms with Gasteiger partial charge >= 0.3 is 0 Å². The second-order valence-electron chi connectivity index (χ2n) is 7.42. The Labute approximate surface area is 168 Å². The van der Waals surface area contributed by atoms with E-state index in [0.717, 1.165) is 30.5 Å². The molecule has 3 aromatic rings. The van der Waals surface area contributed by atoms with Crippen molar-refractivity contribution in [1.82, 2.24) is 14.2 Å². The molecule has 2 aromatic heterocycles. The summed E-state index contributed by atoms with van der Waals surface area (Å²) in [5.41, 5.74) is 2.96. The average molecular weight is 396 g/mol. The van der Waals surface area contributed by atoms with Gasteiger partial charge in [-0.1, -0.05) is 6.92 Å². The number of nitrogens with one attached hydrogen (secondary N) is 1. The summed E-state index contributed by atoms with van der Waals surface area (Å²) in [4.78, 5) is 25.6. The van der Waals surface area contributed by atoms with Crippen molar-refractivity contribution >= 4 is 17.1 Å². The van der Waals surface area contributed by atoms with Crippen molar-refractivity contribution in [3.8, 4) is 11.5 Å². The van der Waals surface area contributed by atoms with Crippen LogP contribution in [0.3, 0.4) is 0 Å². The van der Waals surface area contributed by atoms with E-state index in [1.54, 1.807) is 42.2 Å². The molecule has 1 aliphatic rings. The van der Waals surface area contributed by atoms with E-state index in [0.29, 0.717) is 28.6 Å². The third-order valence-electron chi connectivity index (χ3n) is 5.35. The van der Waals surface area contributed by atoms with Gasteiger partial charge in [-0.25, -0.2) is 4.52 Å². The molecule has 0 aliphatic heterocycles. The lowest BCUT2D eigenvalue weighted by molar-refractivity contribution is -0.116. The molecule has 8 heteroatoms. The fraction of sp³-hybridized carbons (Fsp3) is 0.381. The van der Waals surface area contributed by atoms with E-state index < -0.39 is 0 Å². The molecular formula is C21H24N4O4. The lowest BCUT2D eigenvalue weighted by atomic mass is 9.88. The van der Waals surface area contributed by atoms with E-state index in [4.69, 9.17) is 9.47 Å². The molecule has 0 spiro atoms. The van der Waals surface area contributed by atoms with E-state index in [-0.39, 0.29) is 18.0 Å². The highest BCUT2D eigenvalue weighted by atomic mass is 16.5. The number of fused-ring (bicyclic) bond motifs is 3. The highest BCUT2D eigenvalue weighted by Crippen LogP contribution is 2.30. The zero-order valence-corrected chi connectivity index (χ0v) is 16.8. The first kappa shape index (κ1) is 19.0. The van der Waals surface area contributed by atoms with Crippen LogP contribution in [0.5, 0.6) is 11.5 Å². The number of anilines is 1. The van der Waals surface area contributed by atoms with Crippen LogP contribution in [0.1, 0.15) is 24.6 Å². The number of ether oxygens (including phenoxy) is 2. The Kier molecular flexibility index (Phi) is 5.00. The second kappa shape index (κ2) is 7.62. The number of carbonyl (C=O) groups excluding carboxylic acids is 1. The first-order valence-corrected chi connectivity index (χ1v) is 9.61. The molecule has 0 bridgehead atoms. The van der Waals surface area contributed by atoms with Crippen LogP contribution in [0.15, 0.2) is 35.4 Å². The number of aryl methyl sites for hydroxylation is 1. The smallest absolute Gasteiger partial charge is 0.277 e. The maximum Gasteiger partial charge on any atom is 0.277 e. The third-order valence-corrected chi connectivity index (χ3v) is 5.35. The molecular weight excluding hydrogens is 372 g/mol. The maximum absolute atomic E-state index is 13.0. The Morgan fingerprint density at radius 2 is 2.03 bits per heavy atom. The molecule has 2 heterocycles. The molecule has 0 fully saturated rings. The van der Waals surface area contributed by atoms with Crippen molar-refractivity contribution in [2.45, 2.75) is 32.7 Å². The third kappa shape index (κ3) is 3.57. The monoisotopic (exact) mass is 396 g/mol. The number of amides is 1. The minimum absolute atomic E-state index is 0.0841. The van der Waals surface area contributed by atoms with Gasteiger partial charge in [0.2, 0.25) is 5.91 Å². The number of aromatic nitrogens is 3. The van der Waals surface area contributed by atoms with Crippen LogP contribution in [0.4, 0.5) is 5.69 Å². The van der Waals surface area contributed by atoms with Gasteiger partial charge in [-0.15, -0.1) is 0 Å². The summed E-state index contributed by atoms with van der Waals surface area (Å²) < 4.78 is 13.5. The Bertz CT molecular complexity index is 1130. The zero-order chi connectivity index (χ0) is 20.5. The number of carbonyl (C=O) groups is 1. The minimum Gasteiger partial charge on any atom is -0.493 e. The van der Waals surface area contributed by atoms with Crippen molar-refractivity contribution in [3.05, 3.63) is 52.2 Å². The van der Waals surface area contributed by atoms with Crippen LogP contribution in [-0.4, -0.2) is 34.3 Å². The molecule has 1 aromatic carbocycles. The average Bonchev–Trinajstić information content (AvgIpc) is 3.08. The Hall–Kier alpha value is -3.29. The number of hydrogen-bond donors (Lipinski definition) is 1. The Morgan fingerprint density at radius 1 is 1.24 bits per heavy atom. The molecule has 29 heavy (non-hydrogen) atoms. The van der Waals surface area contributed by atoms with Crippen molar-refractivity contribution in [3.63, 3.8) is 0 Å². The number of rotatable bonds is 5. The van der Waals surface area contributed by atoms with Gasteiger partial charge in [-0.05, 0) is 37.3 Å². The molecule has 152 valence electrons. The first-order valence-electron chi connectivity index (χ1n) is 9.61. The van der Waals surface area contributed by atoms with Gasteiger partial charge in [-0.3, -0.25) is 9.59 Å². The lowest BCUT2D eigenvalue weighted by Gasteiger charge is -2.16. The molecule has 0 radical (unpaired) electrons. The summed E-state index contributed by atoms with van der Waals surface area (Å²) in [5.74, 6) is 1.32. The highest BCUT2D eigenvalue weighted by molar-refractivity contribution is 5.91. The maximum atomic E-state index is 13.0. The molecule has 4 rings (SSSR count). The fourth-order valence-corrected chi connectivity index (χ4v) is 3.84. The minimum atomic E-state index is -0.301. The molecule has 1 N–H and O–H groups in total. The standard InChI is InChI=1S/C21H24N4O4/c1-13-4-6-16-15(10-13)20-21(27)24(8-9-25(20)23-16)12-19(26)22-14-5-7-17(28-2)18(11-14)29-3/h5,7-9,11,13H,4,6,10,12H2,1-3H3,(H,22,26). The molecule has 1 amide bonds. The summed E-state index contributed by atoms with van der Waals surface area (Å²) in [7, 11) is 3.08. The predicted octanol–water partition coefficient (Wildman–Crippen LogP) is 2.28. The quantitative estimate of drug-likeness (QED) is 0.715. The van der Waals surface area contributed by atoms with E-state index in [1.807, 2.05) is 0 Å². The van der Waals surface area contributed by atoms with Crippen molar-refractivity contribution < 1.29 is 14.3 Å². The summed E-state index contributed by atoms with van der Waals surface area (Å²) in [6, 6.07) is 5.11. The van der Waals surface area contributed by atoms with Crippen LogP contribution in [-0.2, 0) is 24.2 Å². The summed E-state index contributed by atoms with van der Waals surface area (Å²) >= 11 is 0. The van der Waals surface area contributed by atoms with Crippen LogP contribution in [0, 0.1) is 5.92 Å². The van der Waals surface area contributed by atoms with Gasteiger partial charge in [0.15, 0.2) is 11.5 Å². The van der Waals surface area contributed by atoms with Crippen LogP contribution in [0.2, 0.25) is 0 Å². The van der Waals surface area contributed by atoms with Crippen molar-refractivity contribution in [2.75, 3.05) is 19.5 Å². The van der Waals surface area contributed by atoms with E-state index in [2.05, 4.69) is 17.3 Å². The van der Waals surface area contributed by atoms with Gasteiger partial charge in [0.25, 0.3) is 5.56 Å². The van der Waals surface area contributed by atoms with E-state index in [9.17, 15) is 9.59 Å². The first-order chi connectivity index (χ1) is 14.0. The van der Waals surface area contributed by atoms with E-state index in [1.165, 1.54) is 11.7 Å². The van der Waals surface area contributed by atoms with Crippen LogP contribution in [0.25, 0.3) is 5.52 Å². The van der Waals surface area contributed by atoms with Gasteiger partial charge in [-0.2, -0.15) is 5.10 Å². The summed E-state index contributed by atoms with van der Waals surface area (Å²) in [6.07, 6.45) is 6.15. The topological polar surface area (TPSA) is 86.9 Å². The molecule has 1 atom stereocenters. The summed E-state index contributed by atoms with van der Waals surface area (Å²) in [5, 5.41) is 7.35. The van der Waals surface area contributed by atoms with Gasteiger partial charge in [0.05, 0.1) is 19.9 Å². The fourth-order valence-electron chi connectivity index (χ4n) is 3.84. The number of methoxy groups -OCH3 is 2. The number of hydrogen-bond acceptors (Lipinski definition) is 5. The van der Waals surface area contributed by atoms with Gasteiger partial charge in [0.1, 0.15) is 12.1 Å². The predicted molar refractivity (Wildman–Crippen MR) is 109 cm³/mol.